The van der Waals surface area contributed by atoms with E-state index < -0.39 is 0 Å². The largest absolute Gasteiger partial charge is 0.372 e. The zero-order valence-electron chi connectivity index (χ0n) is 15.7. The average Bonchev–Trinajstić information content (AvgIpc) is 3.17. The lowest BCUT2D eigenvalue weighted by Gasteiger charge is -2.18. The molecule has 2 N–H and O–H groups in total. The van der Waals surface area contributed by atoms with Crippen molar-refractivity contribution in [1.29, 1.82) is 0 Å². The summed E-state index contributed by atoms with van der Waals surface area (Å²) in [5, 5.41) is 6.24. The first-order valence-electron chi connectivity index (χ1n) is 9.48. The lowest BCUT2D eigenvalue weighted by Crippen LogP contribution is -2.25. The van der Waals surface area contributed by atoms with E-state index in [0.717, 1.165) is 25.2 Å². The first kappa shape index (κ1) is 18.2. The highest BCUT2D eigenvalue weighted by atomic mass is 16.1. The van der Waals surface area contributed by atoms with Crippen molar-refractivity contribution >= 4 is 23.1 Å². The molecule has 0 unspecified atom stereocenters. The Bertz CT molecular complexity index is 721. The number of benzene rings is 1. The van der Waals surface area contributed by atoms with Crippen LogP contribution in [0.4, 0.5) is 17.2 Å². The maximum Gasteiger partial charge on any atom is 0.251 e. The molecule has 26 heavy (non-hydrogen) atoms. The molecule has 1 fully saturated rings. The molecule has 0 atom stereocenters. The van der Waals surface area contributed by atoms with E-state index in [-0.39, 0.29) is 5.91 Å². The van der Waals surface area contributed by atoms with E-state index in [4.69, 9.17) is 0 Å². The van der Waals surface area contributed by atoms with Crippen LogP contribution in [-0.4, -0.2) is 30.5 Å². The number of anilines is 3. The molecule has 2 aromatic rings. The van der Waals surface area contributed by atoms with E-state index in [9.17, 15) is 4.79 Å². The fraction of sp³-hybridized carbons (Fsp3) is 0.429. The summed E-state index contributed by atoms with van der Waals surface area (Å²) in [7, 11) is 0. The summed E-state index contributed by atoms with van der Waals surface area (Å²) in [6.45, 7) is 7.27. The maximum atomic E-state index is 12.3. The van der Waals surface area contributed by atoms with Crippen molar-refractivity contribution in [3.63, 3.8) is 0 Å². The van der Waals surface area contributed by atoms with Crippen LogP contribution in [0.1, 0.15) is 43.5 Å². The van der Waals surface area contributed by atoms with E-state index in [2.05, 4.69) is 58.6 Å². The van der Waals surface area contributed by atoms with Crippen molar-refractivity contribution in [2.24, 2.45) is 5.92 Å². The second kappa shape index (κ2) is 8.70. The lowest BCUT2D eigenvalue weighted by molar-refractivity contribution is 0.0952. The third-order valence-electron chi connectivity index (χ3n) is 4.64. The van der Waals surface area contributed by atoms with Crippen LogP contribution in [0, 0.1) is 5.92 Å². The quantitative estimate of drug-likeness (QED) is 0.784. The number of rotatable bonds is 7. The second-order valence-electron chi connectivity index (χ2n) is 7.23. The topological polar surface area (TPSA) is 57.3 Å². The number of pyridine rings is 1. The minimum Gasteiger partial charge on any atom is -0.372 e. The Morgan fingerprint density at radius 2 is 1.88 bits per heavy atom. The fourth-order valence-corrected chi connectivity index (χ4v) is 3.10. The molecular weight excluding hydrogens is 324 g/mol. The van der Waals surface area contributed by atoms with Gasteiger partial charge >= 0.3 is 0 Å². The molecule has 1 aromatic heterocycles. The Morgan fingerprint density at radius 3 is 2.58 bits per heavy atom. The van der Waals surface area contributed by atoms with Crippen LogP contribution in [0.5, 0.6) is 0 Å². The van der Waals surface area contributed by atoms with Gasteiger partial charge in [0, 0.05) is 42.8 Å². The molecule has 5 heteroatoms. The molecule has 0 spiro atoms. The number of aromatic nitrogens is 1. The summed E-state index contributed by atoms with van der Waals surface area (Å²) in [5.74, 6) is 1.20. The summed E-state index contributed by atoms with van der Waals surface area (Å²) >= 11 is 0. The summed E-state index contributed by atoms with van der Waals surface area (Å²) in [6.07, 6.45) is 5.19. The van der Waals surface area contributed by atoms with E-state index in [0.29, 0.717) is 23.8 Å². The molecule has 5 nitrogen and oxygen atoms in total. The summed E-state index contributed by atoms with van der Waals surface area (Å²) in [5.41, 5.74) is 2.86. The van der Waals surface area contributed by atoms with Crippen molar-refractivity contribution in [3.8, 4) is 0 Å². The molecule has 0 radical (unpaired) electrons. The van der Waals surface area contributed by atoms with Crippen LogP contribution >= 0.6 is 0 Å². The highest BCUT2D eigenvalue weighted by Crippen LogP contribution is 2.23. The number of hydrogen-bond donors (Lipinski definition) is 2. The molecule has 2 heterocycles. The molecule has 1 aliphatic rings. The minimum absolute atomic E-state index is 0.0551. The third-order valence-corrected chi connectivity index (χ3v) is 4.64. The second-order valence-corrected chi connectivity index (χ2v) is 7.23. The first-order chi connectivity index (χ1) is 12.6. The molecule has 1 amide bonds. The Morgan fingerprint density at radius 1 is 1.15 bits per heavy atom. The number of nitrogens with zero attached hydrogens (tertiary/aromatic N) is 2. The van der Waals surface area contributed by atoms with Crippen LogP contribution in [0.3, 0.4) is 0 Å². The van der Waals surface area contributed by atoms with Gasteiger partial charge in [-0.25, -0.2) is 4.98 Å². The van der Waals surface area contributed by atoms with Gasteiger partial charge in [-0.1, -0.05) is 13.8 Å². The molecule has 0 saturated carbocycles. The fourth-order valence-electron chi connectivity index (χ4n) is 3.10. The number of nitrogens with one attached hydrogen (secondary N) is 2. The Kier molecular flexibility index (Phi) is 6.10. The SMILES string of the molecule is CC(C)CCNC(=O)c1ccnc(Nc2ccc(N3CCCC3)cc2)c1. The molecule has 138 valence electrons. The number of carbonyl (C=O) groups excluding carboxylic acids is 1. The van der Waals surface area contributed by atoms with Crippen LogP contribution in [0.2, 0.25) is 0 Å². The van der Waals surface area contributed by atoms with Gasteiger partial charge in [0.15, 0.2) is 0 Å². The average molecular weight is 352 g/mol. The van der Waals surface area contributed by atoms with Crippen molar-refractivity contribution in [2.45, 2.75) is 33.1 Å². The predicted molar refractivity (Wildman–Crippen MR) is 107 cm³/mol. The summed E-state index contributed by atoms with van der Waals surface area (Å²) < 4.78 is 0. The highest BCUT2D eigenvalue weighted by molar-refractivity contribution is 5.94. The number of hydrogen-bond acceptors (Lipinski definition) is 4. The molecule has 0 bridgehead atoms. The van der Waals surface area contributed by atoms with Gasteiger partial charge in [0.25, 0.3) is 5.91 Å². The van der Waals surface area contributed by atoms with Gasteiger partial charge in [-0.2, -0.15) is 0 Å². The van der Waals surface area contributed by atoms with Crippen molar-refractivity contribution < 1.29 is 4.79 Å². The minimum atomic E-state index is -0.0551. The Balaban J connectivity index is 1.60. The molecule has 0 aliphatic carbocycles. The van der Waals surface area contributed by atoms with Crippen LogP contribution < -0.4 is 15.5 Å². The van der Waals surface area contributed by atoms with Gasteiger partial charge in [-0.3, -0.25) is 4.79 Å². The maximum absolute atomic E-state index is 12.3. The van der Waals surface area contributed by atoms with E-state index in [1.165, 1.54) is 18.5 Å². The van der Waals surface area contributed by atoms with Gasteiger partial charge in [0.1, 0.15) is 5.82 Å². The van der Waals surface area contributed by atoms with Gasteiger partial charge in [0.05, 0.1) is 0 Å². The highest BCUT2D eigenvalue weighted by Gasteiger charge is 2.12. The summed E-state index contributed by atoms with van der Waals surface area (Å²) in [6, 6.07) is 11.9. The van der Waals surface area contributed by atoms with Crippen molar-refractivity contribution in [2.75, 3.05) is 29.9 Å². The van der Waals surface area contributed by atoms with Crippen LogP contribution in [-0.2, 0) is 0 Å². The molecule has 3 rings (SSSR count). The standard InChI is InChI=1S/C21H28N4O/c1-16(2)9-11-23-21(26)17-10-12-22-20(15-17)24-18-5-7-19(8-6-18)25-13-3-4-14-25/h5-8,10,12,15-16H,3-4,9,11,13-14H2,1-2H3,(H,22,24)(H,23,26). The number of amides is 1. The van der Waals surface area contributed by atoms with Gasteiger partial charge in [-0.05, 0) is 61.6 Å². The molecule has 1 aliphatic heterocycles. The smallest absolute Gasteiger partial charge is 0.251 e. The zero-order valence-corrected chi connectivity index (χ0v) is 15.7. The molecular formula is C21H28N4O. The third kappa shape index (κ3) is 4.97. The predicted octanol–water partition coefficient (Wildman–Crippen LogP) is 4.20. The van der Waals surface area contributed by atoms with Crippen molar-refractivity contribution in [3.05, 3.63) is 48.2 Å². The lowest BCUT2D eigenvalue weighted by atomic mass is 10.1. The Hall–Kier alpha value is -2.56. The van der Waals surface area contributed by atoms with Gasteiger partial charge < -0.3 is 15.5 Å². The van der Waals surface area contributed by atoms with Gasteiger partial charge in [-0.15, -0.1) is 0 Å². The van der Waals surface area contributed by atoms with E-state index >= 15 is 0 Å². The Labute approximate surface area is 155 Å². The van der Waals surface area contributed by atoms with Crippen LogP contribution in [0.25, 0.3) is 0 Å². The van der Waals surface area contributed by atoms with Crippen molar-refractivity contribution in [1.82, 2.24) is 10.3 Å². The normalized spacial score (nSPS) is 13.9. The summed E-state index contributed by atoms with van der Waals surface area (Å²) in [4.78, 5) is 19.0. The van der Waals surface area contributed by atoms with Crippen LogP contribution in [0.15, 0.2) is 42.6 Å². The number of carbonyl (C=O) groups is 1. The molecule has 1 saturated heterocycles. The zero-order chi connectivity index (χ0) is 18.4. The van der Waals surface area contributed by atoms with Gasteiger partial charge in [0.2, 0.25) is 0 Å². The molecule has 1 aromatic carbocycles. The monoisotopic (exact) mass is 352 g/mol. The first-order valence-corrected chi connectivity index (χ1v) is 9.48. The van der Waals surface area contributed by atoms with E-state index in [1.54, 1.807) is 18.3 Å². The van der Waals surface area contributed by atoms with E-state index in [1.807, 2.05) is 0 Å².